The van der Waals surface area contributed by atoms with Crippen molar-refractivity contribution in [2.45, 2.75) is 38.7 Å². The molecule has 0 bridgehead atoms. The van der Waals surface area contributed by atoms with E-state index in [1.54, 1.807) is 6.07 Å². The standard InChI is InChI=1S/C13H20N2O5/c1-19-9-10-8-11(15-20-10)13(18)14-7-5-3-2-4-6-12(16)17/h8H,2-7,9H2,1H3,(H,14,18)(H,16,17). The lowest BCUT2D eigenvalue weighted by Gasteiger charge is -2.02. The van der Waals surface area contributed by atoms with Gasteiger partial charge in [0.2, 0.25) is 0 Å². The summed E-state index contributed by atoms with van der Waals surface area (Å²) in [6.07, 6.45) is 3.43. The van der Waals surface area contributed by atoms with Crippen molar-refractivity contribution >= 4 is 11.9 Å². The molecule has 2 N–H and O–H groups in total. The molecule has 0 fully saturated rings. The Hall–Kier alpha value is -1.89. The second-order valence-electron chi connectivity index (χ2n) is 4.43. The number of methoxy groups -OCH3 is 1. The smallest absolute Gasteiger partial charge is 0.303 e. The maximum absolute atomic E-state index is 11.7. The summed E-state index contributed by atoms with van der Waals surface area (Å²) >= 11 is 0. The molecule has 1 heterocycles. The molecule has 0 aliphatic carbocycles. The molecule has 0 aliphatic heterocycles. The molecule has 0 unspecified atom stereocenters. The van der Waals surface area contributed by atoms with E-state index in [-0.39, 0.29) is 24.6 Å². The first kappa shape index (κ1) is 16.2. The highest BCUT2D eigenvalue weighted by molar-refractivity contribution is 5.92. The second kappa shape index (κ2) is 9.08. The first-order valence-corrected chi connectivity index (χ1v) is 6.58. The van der Waals surface area contributed by atoms with Crippen molar-refractivity contribution in [3.8, 4) is 0 Å². The van der Waals surface area contributed by atoms with E-state index in [9.17, 15) is 9.59 Å². The lowest BCUT2D eigenvalue weighted by atomic mass is 10.1. The Labute approximate surface area is 117 Å². The molecule has 1 amide bonds. The van der Waals surface area contributed by atoms with E-state index < -0.39 is 5.97 Å². The highest BCUT2D eigenvalue weighted by Gasteiger charge is 2.11. The average Bonchev–Trinajstić information content (AvgIpc) is 2.86. The van der Waals surface area contributed by atoms with Crippen molar-refractivity contribution in [2.24, 2.45) is 0 Å². The van der Waals surface area contributed by atoms with Crippen LogP contribution in [0.15, 0.2) is 10.6 Å². The van der Waals surface area contributed by atoms with Gasteiger partial charge in [0.1, 0.15) is 6.61 Å². The molecular weight excluding hydrogens is 264 g/mol. The van der Waals surface area contributed by atoms with Gasteiger partial charge in [-0.05, 0) is 12.8 Å². The van der Waals surface area contributed by atoms with Gasteiger partial charge in [0, 0.05) is 26.1 Å². The largest absolute Gasteiger partial charge is 0.481 e. The van der Waals surface area contributed by atoms with Crippen molar-refractivity contribution in [2.75, 3.05) is 13.7 Å². The number of rotatable bonds is 10. The molecule has 0 aromatic carbocycles. The first-order valence-electron chi connectivity index (χ1n) is 6.58. The van der Waals surface area contributed by atoms with Gasteiger partial charge in [0.25, 0.3) is 5.91 Å². The van der Waals surface area contributed by atoms with Crippen LogP contribution in [0.25, 0.3) is 0 Å². The molecule has 7 heteroatoms. The van der Waals surface area contributed by atoms with Crippen molar-refractivity contribution in [1.29, 1.82) is 0 Å². The van der Waals surface area contributed by atoms with Gasteiger partial charge in [-0.25, -0.2) is 0 Å². The number of aromatic nitrogens is 1. The number of carbonyl (C=O) groups excluding carboxylic acids is 1. The number of unbranched alkanes of at least 4 members (excludes halogenated alkanes) is 3. The minimum absolute atomic E-state index is 0.202. The molecule has 112 valence electrons. The van der Waals surface area contributed by atoms with E-state index >= 15 is 0 Å². The van der Waals surface area contributed by atoms with Crippen LogP contribution < -0.4 is 5.32 Å². The van der Waals surface area contributed by atoms with Crippen molar-refractivity contribution < 1.29 is 24.0 Å². The van der Waals surface area contributed by atoms with E-state index in [0.717, 1.165) is 19.3 Å². The zero-order chi connectivity index (χ0) is 14.8. The Morgan fingerprint density at radius 1 is 1.35 bits per heavy atom. The number of nitrogens with zero attached hydrogens (tertiary/aromatic N) is 1. The summed E-state index contributed by atoms with van der Waals surface area (Å²) in [5.41, 5.74) is 0.239. The van der Waals surface area contributed by atoms with Crippen LogP contribution in [0.2, 0.25) is 0 Å². The van der Waals surface area contributed by atoms with Crippen LogP contribution in [0.1, 0.15) is 48.4 Å². The van der Waals surface area contributed by atoms with E-state index in [1.807, 2.05) is 0 Å². The highest BCUT2D eigenvalue weighted by Crippen LogP contribution is 2.05. The summed E-state index contributed by atoms with van der Waals surface area (Å²) in [7, 11) is 1.53. The molecule has 0 saturated carbocycles. The molecule has 20 heavy (non-hydrogen) atoms. The number of aliphatic carboxylic acids is 1. The molecule has 1 aromatic heterocycles. The van der Waals surface area contributed by atoms with Crippen LogP contribution in [0.4, 0.5) is 0 Å². The fraction of sp³-hybridized carbons (Fsp3) is 0.615. The summed E-state index contributed by atoms with van der Waals surface area (Å²) < 4.78 is 9.78. The number of carboxylic acid groups (broad SMARTS) is 1. The van der Waals surface area contributed by atoms with Crippen molar-refractivity contribution in [3.63, 3.8) is 0 Å². The minimum Gasteiger partial charge on any atom is -0.481 e. The minimum atomic E-state index is -0.767. The SMILES string of the molecule is COCc1cc(C(=O)NCCCCCCC(=O)O)no1. The maximum Gasteiger partial charge on any atom is 0.303 e. The number of carbonyl (C=O) groups is 2. The predicted octanol–water partition coefficient (Wildman–Crippen LogP) is 1.59. The number of nitrogens with one attached hydrogen (secondary N) is 1. The molecule has 0 radical (unpaired) electrons. The Kier molecular flexibility index (Phi) is 7.34. The van der Waals surface area contributed by atoms with Gasteiger partial charge in [-0.3, -0.25) is 9.59 Å². The number of hydrogen-bond donors (Lipinski definition) is 2. The molecule has 1 rings (SSSR count). The summed E-state index contributed by atoms with van der Waals surface area (Å²) in [4.78, 5) is 22.0. The molecule has 0 saturated heterocycles. The predicted molar refractivity (Wildman–Crippen MR) is 70.3 cm³/mol. The zero-order valence-electron chi connectivity index (χ0n) is 11.6. The fourth-order valence-electron chi connectivity index (χ4n) is 1.68. The monoisotopic (exact) mass is 284 g/mol. The van der Waals surface area contributed by atoms with Gasteiger partial charge >= 0.3 is 5.97 Å². The second-order valence-corrected chi connectivity index (χ2v) is 4.43. The van der Waals surface area contributed by atoms with Crippen LogP contribution in [0.3, 0.4) is 0 Å². The lowest BCUT2D eigenvalue weighted by Crippen LogP contribution is -2.24. The normalized spacial score (nSPS) is 10.4. The average molecular weight is 284 g/mol. The summed E-state index contributed by atoms with van der Waals surface area (Å²) in [5.74, 6) is -0.538. The van der Waals surface area contributed by atoms with Gasteiger partial charge in [0.15, 0.2) is 11.5 Å². The molecule has 1 aromatic rings. The quantitative estimate of drug-likeness (QED) is 0.632. The molecular formula is C13H20N2O5. The molecule has 7 nitrogen and oxygen atoms in total. The maximum atomic E-state index is 11.7. The van der Waals surface area contributed by atoms with Crippen LogP contribution in [-0.4, -0.2) is 35.8 Å². The van der Waals surface area contributed by atoms with Crippen molar-refractivity contribution in [3.05, 3.63) is 17.5 Å². The summed E-state index contributed by atoms with van der Waals surface area (Å²) in [6, 6.07) is 1.55. The Morgan fingerprint density at radius 3 is 2.80 bits per heavy atom. The van der Waals surface area contributed by atoms with Gasteiger partial charge < -0.3 is 19.7 Å². The number of ether oxygens (including phenoxy) is 1. The van der Waals surface area contributed by atoms with E-state index in [1.165, 1.54) is 7.11 Å². The number of carboxylic acids is 1. The van der Waals surface area contributed by atoms with Gasteiger partial charge in [0.05, 0.1) is 0 Å². The number of hydrogen-bond acceptors (Lipinski definition) is 5. The third-order valence-corrected chi connectivity index (χ3v) is 2.68. The summed E-state index contributed by atoms with van der Waals surface area (Å²) in [5, 5.41) is 14.9. The Morgan fingerprint density at radius 2 is 2.10 bits per heavy atom. The highest BCUT2D eigenvalue weighted by atomic mass is 16.5. The van der Waals surface area contributed by atoms with E-state index in [2.05, 4.69) is 10.5 Å². The molecule has 0 spiro atoms. The fourth-order valence-corrected chi connectivity index (χ4v) is 1.68. The summed E-state index contributed by atoms with van der Waals surface area (Å²) in [6.45, 7) is 0.822. The van der Waals surface area contributed by atoms with Crippen molar-refractivity contribution in [1.82, 2.24) is 10.5 Å². The van der Waals surface area contributed by atoms with Gasteiger partial charge in [-0.1, -0.05) is 18.0 Å². The van der Waals surface area contributed by atoms with Crippen LogP contribution in [0.5, 0.6) is 0 Å². The van der Waals surface area contributed by atoms with Crippen LogP contribution >= 0.6 is 0 Å². The van der Waals surface area contributed by atoms with Gasteiger partial charge in [-0.2, -0.15) is 0 Å². The third-order valence-electron chi connectivity index (χ3n) is 2.68. The van der Waals surface area contributed by atoms with E-state index in [0.29, 0.717) is 18.7 Å². The Bertz CT molecular complexity index is 430. The first-order chi connectivity index (χ1) is 9.63. The van der Waals surface area contributed by atoms with Crippen LogP contribution in [0, 0.1) is 0 Å². The van der Waals surface area contributed by atoms with E-state index in [4.69, 9.17) is 14.4 Å². The number of amides is 1. The van der Waals surface area contributed by atoms with Crippen LogP contribution in [-0.2, 0) is 16.1 Å². The molecule has 0 aliphatic rings. The third kappa shape index (κ3) is 6.33. The zero-order valence-corrected chi connectivity index (χ0v) is 11.6. The molecule has 0 atom stereocenters. The van der Waals surface area contributed by atoms with Gasteiger partial charge in [-0.15, -0.1) is 0 Å². The topological polar surface area (TPSA) is 102 Å². The lowest BCUT2D eigenvalue weighted by molar-refractivity contribution is -0.137. The Balaban J connectivity index is 2.11.